The molecular weight excluding hydrogens is 211 g/mol. The predicted octanol–water partition coefficient (Wildman–Crippen LogP) is 4.29. The zero-order chi connectivity index (χ0) is 12.6. The molecule has 0 amide bonds. The second kappa shape index (κ2) is 4.15. The van der Waals surface area contributed by atoms with Crippen molar-refractivity contribution >= 4 is 12.6 Å². The molecule has 1 rings (SSSR count). The molecule has 1 aromatic carbocycles. The van der Waals surface area contributed by atoms with E-state index in [0.29, 0.717) is 10.3 Å². The van der Waals surface area contributed by atoms with E-state index in [1.807, 2.05) is 0 Å². The Hall–Kier alpha value is -0.350. The fourth-order valence-corrected chi connectivity index (χ4v) is 7.60. The molecule has 0 bridgehead atoms. The van der Waals surface area contributed by atoms with Crippen LogP contribution in [0.3, 0.4) is 0 Å². The summed E-state index contributed by atoms with van der Waals surface area (Å²) in [5.41, 5.74) is 0. The van der Waals surface area contributed by atoms with Gasteiger partial charge in [-0.05, 0) is 0 Å². The van der Waals surface area contributed by atoms with Crippen LogP contribution in [0.15, 0.2) is 30.3 Å². The van der Waals surface area contributed by atoms with Crippen molar-refractivity contribution < 1.29 is 0 Å². The molecule has 16 heavy (non-hydrogen) atoms. The van der Waals surface area contributed by atoms with Gasteiger partial charge in [0.2, 0.25) is 0 Å². The number of hydrogen-bond donors (Lipinski definition) is 0. The van der Waals surface area contributed by atoms with Crippen molar-refractivity contribution in [3.8, 4) is 0 Å². The van der Waals surface area contributed by atoms with Crippen LogP contribution in [0.5, 0.6) is 0 Å². The molecule has 0 saturated carbocycles. The van der Waals surface area contributed by atoms with Gasteiger partial charge >= 0.3 is 101 Å². The van der Waals surface area contributed by atoms with E-state index < -0.39 is 7.26 Å². The summed E-state index contributed by atoms with van der Waals surface area (Å²) in [4.78, 5) is 0. The third-order valence-electron chi connectivity index (χ3n) is 4.35. The minimum atomic E-state index is -1.53. The van der Waals surface area contributed by atoms with E-state index in [2.05, 4.69) is 78.5 Å². The van der Waals surface area contributed by atoms with Crippen LogP contribution < -0.4 is 5.30 Å². The first-order valence-corrected chi connectivity index (χ1v) is 8.66. The van der Waals surface area contributed by atoms with Gasteiger partial charge < -0.3 is 0 Å². The SMILES string of the molecule is CC(C)(C)[PH](C)(c1ccccc1)C(C)(C)C. The van der Waals surface area contributed by atoms with Crippen molar-refractivity contribution in [3.63, 3.8) is 0 Å². The summed E-state index contributed by atoms with van der Waals surface area (Å²) in [5, 5.41) is 2.34. The van der Waals surface area contributed by atoms with Crippen LogP contribution in [0.4, 0.5) is 0 Å². The average molecular weight is 238 g/mol. The van der Waals surface area contributed by atoms with Crippen LogP contribution in [0.25, 0.3) is 0 Å². The predicted molar refractivity (Wildman–Crippen MR) is 79.8 cm³/mol. The Balaban J connectivity index is 3.39. The summed E-state index contributed by atoms with van der Waals surface area (Å²) in [6.45, 7) is 16.9. The standard InChI is InChI=1S/C15H27P/c1-14(2,3)16(7,15(4,5)6)13-11-9-8-10-12-13/h8-12,16H,1-7H3. The van der Waals surface area contributed by atoms with Gasteiger partial charge in [-0.1, -0.05) is 0 Å². The summed E-state index contributed by atoms with van der Waals surface area (Å²) < 4.78 is 0. The van der Waals surface area contributed by atoms with Gasteiger partial charge in [-0.3, -0.25) is 0 Å². The van der Waals surface area contributed by atoms with Crippen molar-refractivity contribution in [1.29, 1.82) is 0 Å². The van der Waals surface area contributed by atoms with Crippen LogP contribution in [-0.4, -0.2) is 17.0 Å². The number of benzene rings is 1. The molecule has 0 unspecified atom stereocenters. The third kappa shape index (κ3) is 2.18. The van der Waals surface area contributed by atoms with Crippen LogP contribution in [0.2, 0.25) is 0 Å². The van der Waals surface area contributed by atoms with E-state index in [4.69, 9.17) is 0 Å². The van der Waals surface area contributed by atoms with Crippen molar-refractivity contribution in [2.75, 3.05) is 6.66 Å². The molecule has 0 saturated heterocycles. The van der Waals surface area contributed by atoms with E-state index >= 15 is 0 Å². The molecule has 0 heterocycles. The van der Waals surface area contributed by atoms with Crippen LogP contribution in [0, 0.1) is 0 Å². The van der Waals surface area contributed by atoms with Crippen molar-refractivity contribution in [2.45, 2.75) is 51.9 Å². The van der Waals surface area contributed by atoms with Crippen molar-refractivity contribution in [2.24, 2.45) is 0 Å². The molecule has 0 spiro atoms. The van der Waals surface area contributed by atoms with E-state index in [9.17, 15) is 0 Å². The second-order valence-corrected chi connectivity index (χ2v) is 12.8. The van der Waals surface area contributed by atoms with E-state index in [-0.39, 0.29) is 0 Å². The van der Waals surface area contributed by atoms with Crippen LogP contribution in [-0.2, 0) is 0 Å². The van der Waals surface area contributed by atoms with Gasteiger partial charge in [0.15, 0.2) is 0 Å². The number of rotatable bonds is 1. The van der Waals surface area contributed by atoms with Gasteiger partial charge in [0.25, 0.3) is 0 Å². The van der Waals surface area contributed by atoms with E-state index in [1.54, 1.807) is 5.30 Å². The zero-order valence-electron chi connectivity index (χ0n) is 11.9. The van der Waals surface area contributed by atoms with Gasteiger partial charge in [-0.2, -0.15) is 0 Å². The van der Waals surface area contributed by atoms with Gasteiger partial charge in [0, 0.05) is 0 Å². The van der Waals surface area contributed by atoms with Gasteiger partial charge in [0.1, 0.15) is 0 Å². The van der Waals surface area contributed by atoms with E-state index in [0.717, 1.165) is 0 Å². The van der Waals surface area contributed by atoms with Crippen molar-refractivity contribution in [3.05, 3.63) is 30.3 Å². The van der Waals surface area contributed by atoms with Gasteiger partial charge in [-0.25, -0.2) is 0 Å². The fraction of sp³-hybridized carbons (Fsp3) is 0.600. The van der Waals surface area contributed by atoms with Crippen LogP contribution in [0.1, 0.15) is 41.5 Å². The topological polar surface area (TPSA) is 0 Å². The molecule has 92 valence electrons. The Kier molecular flexibility index (Phi) is 3.56. The summed E-state index contributed by atoms with van der Waals surface area (Å²) >= 11 is 0. The zero-order valence-corrected chi connectivity index (χ0v) is 12.9. The third-order valence-corrected chi connectivity index (χ3v) is 11.8. The monoisotopic (exact) mass is 238 g/mol. The Bertz CT molecular complexity index is 324. The Morgan fingerprint density at radius 3 is 1.44 bits per heavy atom. The molecule has 0 radical (unpaired) electrons. The maximum absolute atomic E-state index is 2.53. The molecule has 0 nitrogen and oxygen atoms in total. The van der Waals surface area contributed by atoms with Crippen LogP contribution >= 0.6 is 7.26 Å². The van der Waals surface area contributed by atoms with Gasteiger partial charge in [-0.15, -0.1) is 0 Å². The normalized spacial score (nSPS) is 14.9. The molecule has 0 aliphatic carbocycles. The average Bonchev–Trinajstić information content (AvgIpc) is 2.14. The first-order valence-electron chi connectivity index (χ1n) is 6.16. The quantitative estimate of drug-likeness (QED) is 0.640. The second-order valence-electron chi connectivity index (χ2n) is 6.99. The molecular formula is C15H27P. The minimum absolute atomic E-state index is 0.382. The molecule has 0 atom stereocenters. The molecule has 0 aliphatic heterocycles. The summed E-state index contributed by atoms with van der Waals surface area (Å²) in [7, 11) is -1.53. The Morgan fingerprint density at radius 2 is 1.12 bits per heavy atom. The number of hydrogen-bond acceptors (Lipinski definition) is 0. The Labute approximate surface area is 102 Å². The van der Waals surface area contributed by atoms with Gasteiger partial charge in [0.05, 0.1) is 0 Å². The summed E-state index contributed by atoms with van der Waals surface area (Å²) in [5.74, 6) is 0. The van der Waals surface area contributed by atoms with E-state index in [1.165, 1.54) is 0 Å². The molecule has 1 aromatic rings. The van der Waals surface area contributed by atoms with Crippen molar-refractivity contribution in [1.82, 2.24) is 0 Å². The Morgan fingerprint density at radius 1 is 0.750 bits per heavy atom. The molecule has 0 fully saturated rings. The maximum atomic E-state index is 2.53. The summed E-state index contributed by atoms with van der Waals surface area (Å²) in [6.07, 6.45) is 0. The first-order chi connectivity index (χ1) is 7.11. The molecule has 0 aromatic heterocycles. The first kappa shape index (κ1) is 13.7. The fourth-order valence-electron chi connectivity index (χ4n) is 2.76. The molecule has 1 heteroatoms. The summed E-state index contributed by atoms with van der Waals surface area (Å²) in [6, 6.07) is 11.1. The molecule has 0 N–H and O–H groups in total. The molecule has 0 aliphatic rings.